The Kier molecular flexibility index (Phi) is 3.12. The van der Waals surface area contributed by atoms with Crippen LogP contribution in [-0.2, 0) is 4.74 Å². The highest BCUT2D eigenvalue weighted by Gasteiger charge is 2.41. The van der Waals surface area contributed by atoms with E-state index < -0.39 is 0 Å². The van der Waals surface area contributed by atoms with Gasteiger partial charge in [0.05, 0.1) is 6.61 Å². The van der Waals surface area contributed by atoms with Crippen molar-refractivity contribution in [2.24, 2.45) is 11.3 Å². The Bertz CT molecular complexity index is 164. The quantitative estimate of drug-likeness (QED) is 0.686. The minimum absolute atomic E-state index is 0.459. The second-order valence-electron chi connectivity index (χ2n) is 4.49. The molecule has 1 N–H and O–H groups in total. The summed E-state index contributed by atoms with van der Waals surface area (Å²) in [7, 11) is 0. The Morgan fingerprint density at radius 1 is 1.46 bits per heavy atom. The molecule has 0 spiro atoms. The van der Waals surface area contributed by atoms with E-state index in [0.29, 0.717) is 5.41 Å². The summed E-state index contributed by atoms with van der Waals surface area (Å²) in [5, 5.41) is 3.52. The summed E-state index contributed by atoms with van der Waals surface area (Å²) in [4.78, 5) is 0. The van der Waals surface area contributed by atoms with Crippen LogP contribution in [0.1, 0.15) is 19.3 Å². The average molecular weight is 204 g/mol. The minimum Gasteiger partial charge on any atom is -0.381 e. The fraction of sp³-hybridized carbons (Fsp3) is 1.00. The van der Waals surface area contributed by atoms with E-state index in [-0.39, 0.29) is 0 Å². The molecule has 0 amide bonds. The van der Waals surface area contributed by atoms with E-state index in [0.717, 1.165) is 38.1 Å². The Labute approximate surface area is 85.0 Å². The van der Waals surface area contributed by atoms with Gasteiger partial charge in [-0.15, -0.1) is 11.6 Å². The number of nitrogens with one attached hydrogen (secondary N) is 1. The largest absolute Gasteiger partial charge is 0.381 e. The molecule has 1 saturated carbocycles. The van der Waals surface area contributed by atoms with E-state index >= 15 is 0 Å². The van der Waals surface area contributed by atoms with Gasteiger partial charge in [0.25, 0.3) is 0 Å². The monoisotopic (exact) mass is 203 g/mol. The van der Waals surface area contributed by atoms with Gasteiger partial charge in [-0.05, 0) is 30.6 Å². The fourth-order valence-corrected chi connectivity index (χ4v) is 2.18. The first-order chi connectivity index (χ1) is 6.35. The molecule has 1 aliphatic heterocycles. The van der Waals surface area contributed by atoms with Crippen molar-refractivity contribution in [2.45, 2.75) is 19.3 Å². The van der Waals surface area contributed by atoms with E-state index in [9.17, 15) is 0 Å². The zero-order chi connectivity index (χ0) is 9.15. The molecule has 0 radical (unpaired) electrons. The molecule has 76 valence electrons. The molecule has 0 aromatic carbocycles. The molecule has 2 rings (SSSR count). The maximum atomic E-state index is 5.89. The van der Waals surface area contributed by atoms with Gasteiger partial charge in [-0.1, -0.05) is 0 Å². The number of halogens is 1. The third kappa shape index (κ3) is 2.58. The van der Waals surface area contributed by atoms with Gasteiger partial charge < -0.3 is 10.1 Å². The Hall–Kier alpha value is 0.210. The van der Waals surface area contributed by atoms with Gasteiger partial charge in [0.2, 0.25) is 0 Å². The van der Waals surface area contributed by atoms with Gasteiger partial charge in [-0.3, -0.25) is 0 Å². The van der Waals surface area contributed by atoms with E-state index in [1.807, 2.05) is 0 Å². The lowest BCUT2D eigenvalue weighted by molar-refractivity contribution is 0.185. The second kappa shape index (κ2) is 4.16. The molecule has 1 unspecified atom stereocenters. The van der Waals surface area contributed by atoms with Gasteiger partial charge in [0, 0.05) is 25.6 Å². The van der Waals surface area contributed by atoms with E-state index in [2.05, 4.69) is 5.32 Å². The van der Waals surface area contributed by atoms with Crippen molar-refractivity contribution in [3.63, 3.8) is 0 Å². The predicted molar refractivity (Wildman–Crippen MR) is 54.2 cm³/mol. The molecule has 1 atom stereocenters. The number of hydrogen-bond donors (Lipinski definition) is 1. The molecule has 13 heavy (non-hydrogen) atoms. The Morgan fingerprint density at radius 3 is 2.85 bits per heavy atom. The predicted octanol–water partition coefficient (Wildman–Crippen LogP) is 1.63. The maximum absolute atomic E-state index is 5.89. The molecule has 1 heterocycles. The van der Waals surface area contributed by atoms with Crippen LogP contribution < -0.4 is 5.32 Å². The Balaban J connectivity index is 1.58. The highest BCUT2D eigenvalue weighted by Crippen LogP contribution is 2.45. The van der Waals surface area contributed by atoms with Crippen molar-refractivity contribution in [3.05, 3.63) is 0 Å². The summed E-state index contributed by atoms with van der Waals surface area (Å²) >= 11 is 5.89. The third-order valence-corrected chi connectivity index (χ3v) is 3.76. The van der Waals surface area contributed by atoms with Crippen LogP contribution in [0.3, 0.4) is 0 Å². The van der Waals surface area contributed by atoms with Gasteiger partial charge in [0.15, 0.2) is 0 Å². The van der Waals surface area contributed by atoms with Crippen LogP contribution in [-0.4, -0.2) is 32.2 Å². The normalized spacial score (nSPS) is 30.7. The van der Waals surface area contributed by atoms with Gasteiger partial charge in [-0.25, -0.2) is 0 Å². The van der Waals surface area contributed by atoms with Crippen LogP contribution in [0.2, 0.25) is 0 Å². The topological polar surface area (TPSA) is 21.3 Å². The number of rotatable bonds is 5. The van der Waals surface area contributed by atoms with Gasteiger partial charge in [0.1, 0.15) is 0 Å². The van der Waals surface area contributed by atoms with Crippen molar-refractivity contribution < 1.29 is 4.74 Å². The van der Waals surface area contributed by atoms with E-state index in [1.165, 1.54) is 19.3 Å². The van der Waals surface area contributed by atoms with Crippen LogP contribution in [0.4, 0.5) is 0 Å². The molecule has 1 saturated heterocycles. The first kappa shape index (κ1) is 9.75. The maximum Gasteiger partial charge on any atom is 0.0507 e. The molecule has 2 fully saturated rings. The van der Waals surface area contributed by atoms with Crippen molar-refractivity contribution in [2.75, 3.05) is 32.2 Å². The van der Waals surface area contributed by atoms with Crippen LogP contribution in [0.15, 0.2) is 0 Å². The summed E-state index contributed by atoms with van der Waals surface area (Å²) in [5.74, 6) is 1.56. The SMILES string of the molecule is ClCC1(CNCC2CCOC2)CC1. The molecule has 1 aliphatic carbocycles. The lowest BCUT2D eigenvalue weighted by Gasteiger charge is -2.14. The van der Waals surface area contributed by atoms with Crippen molar-refractivity contribution in [1.82, 2.24) is 5.32 Å². The Morgan fingerprint density at radius 2 is 2.31 bits per heavy atom. The summed E-state index contributed by atoms with van der Waals surface area (Å²) < 4.78 is 5.32. The lowest BCUT2D eigenvalue weighted by Crippen LogP contribution is -2.30. The average Bonchev–Trinajstić information content (AvgIpc) is 2.74. The summed E-state index contributed by atoms with van der Waals surface area (Å²) in [6.45, 7) is 4.11. The van der Waals surface area contributed by atoms with E-state index in [1.54, 1.807) is 0 Å². The summed E-state index contributed by atoms with van der Waals surface area (Å²) in [6.07, 6.45) is 3.84. The molecular formula is C10H18ClNO. The standard InChI is InChI=1S/C10H18ClNO/c11-7-10(2-3-10)8-12-5-9-1-4-13-6-9/h9,12H,1-8H2. The number of alkyl halides is 1. The zero-order valence-corrected chi connectivity index (χ0v) is 8.78. The molecule has 0 aromatic heterocycles. The minimum atomic E-state index is 0.459. The molecule has 2 aliphatic rings. The highest BCUT2D eigenvalue weighted by atomic mass is 35.5. The van der Waals surface area contributed by atoms with E-state index in [4.69, 9.17) is 16.3 Å². The first-order valence-corrected chi connectivity index (χ1v) is 5.73. The zero-order valence-electron chi connectivity index (χ0n) is 8.02. The second-order valence-corrected chi connectivity index (χ2v) is 4.76. The number of ether oxygens (including phenoxy) is 1. The van der Waals surface area contributed by atoms with Crippen molar-refractivity contribution >= 4 is 11.6 Å². The molecule has 0 bridgehead atoms. The first-order valence-electron chi connectivity index (χ1n) is 5.19. The van der Waals surface area contributed by atoms with Crippen LogP contribution in [0.25, 0.3) is 0 Å². The molecular weight excluding hydrogens is 186 g/mol. The molecule has 0 aromatic rings. The smallest absolute Gasteiger partial charge is 0.0507 e. The third-order valence-electron chi connectivity index (χ3n) is 3.20. The summed E-state index contributed by atoms with van der Waals surface area (Å²) in [6, 6.07) is 0. The van der Waals surface area contributed by atoms with Crippen LogP contribution in [0.5, 0.6) is 0 Å². The summed E-state index contributed by atoms with van der Waals surface area (Å²) in [5.41, 5.74) is 0.459. The lowest BCUT2D eigenvalue weighted by atomic mass is 10.1. The molecule has 2 nitrogen and oxygen atoms in total. The number of hydrogen-bond acceptors (Lipinski definition) is 2. The van der Waals surface area contributed by atoms with Crippen molar-refractivity contribution in [3.8, 4) is 0 Å². The molecule has 3 heteroatoms. The van der Waals surface area contributed by atoms with Crippen LogP contribution >= 0.6 is 11.6 Å². The van der Waals surface area contributed by atoms with Gasteiger partial charge in [-0.2, -0.15) is 0 Å². The van der Waals surface area contributed by atoms with Crippen LogP contribution in [0, 0.1) is 11.3 Å². The van der Waals surface area contributed by atoms with Crippen molar-refractivity contribution in [1.29, 1.82) is 0 Å². The highest BCUT2D eigenvalue weighted by molar-refractivity contribution is 6.18. The van der Waals surface area contributed by atoms with Gasteiger partial charge >= 0.3 is 0 Å². The fourth-order valence-electron chi connectivity index (χ4n) is 1.82.